The number of aromatic amines is 1. The molecule has 0 atom stereocenters. The Balaban J connectivity index is -0.000000107. The first kappa shape index (κ1) is 28.8. The number of H-pyrrole nitrogens is 1. The van der Waals surface area contributed by atoms with Crippen molar-refractivity contribution in [3.05, 3.63) is 68.3 Å². The molecule has 1 aliphatic carbocycles. The van der Waals surface area contributed by atoms with Gasteiger partial charge < -0.3 is 12.4 Å². The molecule has 0 bridgehead atoms. The normalized spacial score (nSPS) is 9.43. The van der Waals surface area contributed by atoms with Crippen molar-refractivity contribution in [1.82, 2.24) is 4.98 Å². The average Bonchev–Trinajstić information content (AvgIpc) is 3.05. The molecule has 0 unspecified atom stereocenters. The molecular formula is C16H22Cl2NSiTi. The monoisotopic (exact) mass is 374 g/mol. The van der Waals surface area contributed by atoms with Gasteiger partial charge in [-0.2, -0.15) is 17.5 Å². The van der Waals surface area contributed by atoms with E-state index in [9.17, 15) is 0 Å². The summed E-state index contributed by atoms with van der Waals surface area (Å²) < 4.78 is 0. The summed E-state index contributed by atoms with van der Waals surface area (Å²) in [4.78, 5) is 2.99. The zero-order chi connectivity index (χ0) is 12.3. The Kier molecular flexibility index (Phi) is 27.1. The number of fused-ring (bicyclic) bond motifs is 1. The maximum absolute atomic E-state index is 2.99. The molecule has 0 amide bonds. The van der Waals surface area contributed by atoms with Crippen LogP contribution in [0.1, 0.15) is 6.42 Å². The minimum absolute atomic E-state index is 0. The summed E-state index contributed by atoms with van der Waals surface area (Å²) in [5, 5.41) is 1.22. The van der Waals surface area contributed by atoms with E-state index in [0.29, 0.717) is 0 Å². The summed E-state index contributed by atoms with van der Waals surface area (Å²) in [6.07, 6.45) is 12.9. The smallest absolute Gasteiger partial charge is 0.477 e. The van der Waals surface area contributed by atoms with Crippen LogP contribution in [0.25, 0.3) is 10.9 Å². The molecule has 1 heterocycles. The molecule has 3 radical (unpaired) electrons. The number of rotatable bonds is 0. The Labute approximate surface area is 159 Å². The topological polar surface area (TPSA) is 15.8 Å². The van der Waals surface area contributed by atoms with Crippen LogP contribution in [0.3, 0.4) is 0 Å². The minimum Gasteiger partial charge on any atom is -0.477 e. The number of halogens is 2. The maximum atomic E-state index is 2.99. The number of benzene rings is 1. The van der Waals surface area contributed by atoms with Crippen molar-refractivity contribution in [2.45, 2.75) is 19.5 Å². The van der Waals surface area contributed by atoms with E-state index in [2.05, 4.69) is 42.5 Å². The molecule has 5 heteroatoms. The van der Waals surface area contributed by atoms with Gasteiger partial charge in [-0.1, -0.05) is 25.2 Å². The van der Waals surface area contributed by atoms with Crippen LogP contribution in [0.2, 0.25) is 13.1 Å². The SMILES string of the molecule is C[Si]C.Cl.Cl.[C-]1=CC=CC1.[CH3-].[Ti+3].[c-]1cc2ccccc2[nH]1. The molecule has 0 aliphatic heterocycles. The van der Waals surface area contributed by atoms with E-state index in [1.807, 2.05) is 36.4 Å². The molecule has 2 aromatic rings. The van der Waals surface area contributed by atoms with Gasteiger partial charge in [-0.3, -0.25) is 6.08 Å². The predicted molar refractivity (Wildman–Crippen MR) is 97.1 cm³/mol. The number of hydrogen-bond acceptors (Lipinski definition) is 0. The van der Waals surface area contributed by atoms with Crippen LogP contribution in [-0.2, 0) is 21.7 Å². The van der Waals surface area contributed by atoms with E-state index >= 15 is 0 Å². The van der Waals surface area contributed by atoms with Crippen molar-refractivity contribution in [1.29, 1.82) is 0 Å². The average molecular weight is 375 g/mol. The summed E-state index contributed by atoms with van der Waals surface area (Å²) in [6.45, 7) is 4.31. The van der Waals surface area contributed by atoms with E-state index in [0.717, 1.165) is 21.5 Å². The van der Waals surface area contributed by atoms with Gasteiger partial charge in [0.05, 0.1) is 0 Å². The van der Waals surface area contributed by atoms with E-state index < -0.39 is 0 Å². The second kappa shape index (κ2) is 19.8. The van der Waals surface area contributed by atoms with Crippen LogP contribution < -0.4 is 0 Å². The maximum Gasteiger partial charge on any atom is 3.00 e. The van der Waals surface area contributed by atoms with Gasteiger partial charge in [-0.25, -0.2) is 12.2 Å². The van der Waals surface area contributed by atoms with Gasteiger partial charge in [0.15, 0.2) is 0 Å². The van der Waals surface area contributed by atoms with Gasteiger partial charge in [-0.05, 0) is 0 Å². The second-order valence-electron chi connectivity index (χ2n) is 3.50. The van der Waals surface area contributed by atoms with Gasteiger partial charge >= 0.3 is 21.7 Å². The zero-order valence-electron chi connectivity index (χ0n) is 12.6. The summed E-state index contributed by atoms with van der Waals surface area (Å²) in [5.74, 6) is 0. The van der Waals surface area contributed by atoms with Crippen LogP contribution >= 0.6 is 24.8 Å². The summed E-state index contributed by atoms with van der Waals surface area (Å²) in [7, 11) is 1.08. The molecule has 1 N–H and O–H groups in total. The third kappa shape index (κ3) is 13.2. The van der Waals surface area contributed by atoms with Crippen molar-refractivity contribution < 1.29 is 21.7 Å². The van der Waals surface area contributed by atoms with Gasteiger partial charge in [0.25, 0.3) is 0 Å². The van der Waals surface area contributed by atoms with Gasteiger partial charge in [-0.15, -0.1) is 55.1 Å². The number of allylic oxidation sites excluding steroid dienone is 4. The quantitative estimate of drug-likeness (QED) is 0.472. The number of aromatic nitrogens is 1. The fourth-order valence-electron chi connectivity index (χ4n) is 1.27. The molecular weight excluding hydrogens is 353 g/mol. The summed E-state index contributed by atoms with van der Waals surface area (Å²) in [6, 6.07) is 10.1. The van der Waals surface area contributed by atoms with Crippen molar-refractivity contribution in [2.75, 3.05) is 0 Å². The fraction of sp³-hybridized carbons (Fsp3) is 0.188. The Morgan fingerprint density at radius 2 is 1.76 bits per heavy atom. The third-order valence-electron chi connectivity index (χ3n) is 1.98. The van der Waals surface area contributed by atoms with E-state index in [1.54, 1.807) is 0 Å². The predicted octanol–water partition coefficient (Wildman–Crippen LogP) is 5.35. The zero-order valence-corrected chi connectivity index (χ0v) is 16.8. The Bertz CT molecular complexity index is 444. The first-order valence-electron chi connectivity index (χ1n) is 5.62. The molecule has 1 nitrogen and oxygen atoms in total. The van der Waals surface area contributed by atoms with E-state index in [4.69, 9.17) is 0 Å². The number of hydrogen-bond donors (Lipinski definition) is 1. The Hall–Kier alpha value is -0.249. The van der Waals surface area contributed by atoms with Gasteiger partial charge in [0.2, 0.25) is 0 Å². The molecule has 1 aromatic carbocycles. The van der Waals surface area contributed by atoms with Crippen molar-refractivity contribution >= 4 is 45.2 Å². The van der Waals surface area contributed by atoms with E-state index in [-0.39, 0.29) is 54.0 Å². The Morgan fingerprint density at radius 3 is 2.19 bits per heavy atom. The Morgan fingerprint density at radius 1 is 1.14 bits per heavy atom. The molecule has 0 saturated carbocycles. The van der Waals surface area contributed by atoms with Gasteiger partial charge in [0.1, 0.15) is 0 Å². The van der Waals surface area contributed by atoms with Crippen molar-refractivity contribution in [3.8, 4) is 0 Å². The van der Waals surface area contributed by atoms with Crippen LogP contribution in [0, 0.1) is 19.7 Å². The molecule has 21 heavy (non-hydrogen) atoms. The van der Waals surface area contributed by atoms with Crippen LogP contribution in [0.15, 0.2) is 48.6 Å². The molecule has 0 spiro atoms. The van der Waals surface area contributed by atoms with Crippen LogP contribution in [0.5, 0.6) is 0 Å². The van der Waals surface area contributed by atoms with Gasteiger partial charge in [0, 0.05) is 9.52 Å². The molecule has 0 saturated heterocycles. The summed E-state index contributed by atoms with van der Waals surface area (Å²) >= 11 is 0. The molecule has 3 rings (SSSR count). The van der Waals surface area contributed by atoms with Crippen molar-refractivity contribution in [3.63, 3.8) is 0 Å². The van der Waals surface area contributed by atoms with Crippen LogP contribution in [-0.4, -0.2) is 14.5 Å². The first-order chi connectivity index (χ1) is 8.38. The molecule has 0 fully saturated rings. The molecule has 113 valence electrons. The minimum atomic E-state index is 0. The number of nitrogens with one attached hydrogen (secondary N) is 1. The standard InChI is InChI=1S/C8H6N.C5H5.C2H6Si.CH3.2ClH.Ti/c1-2-4-8-7(3-1)5-6-9-8;1-2-4-5-3-1;1-3-2;;;;/h1-5,9H;1-3H,4H2;1-2H3;1H3;2*1H;/q2*-1;;-1;;;+3. The number of para-hydroxylation sites is 1. The van der Waals surface area contributed by atoms with Crippen LogP contribution in [0.4, 0.5) is 0 Å². The molecule has 1 aliphatic rings. The van der Waals surface area contributed by atoms with E-state index in [1.165, 1.54) is 5.39 Å². The second-order valence-corrected chi connectivity index (χ2v) is 4.50. The fourth-order valence-corrected chi connectivity index (χ4v) is 1.27. The first-order valence-corrected chi connectivity index (χ1v) is 7.62. The third-order valence-corrected chi connectivity index (χ3v) is 1.98. The van der Waals surface area contributed by atoms with Crippen molar-refractivity contribution in [2.24, 2.45) is 0 Å². The molecule has 1 aromatic heterocycles. The largest absolute Gasteiger partial charge is 3.00 e. The summed E-state index contributed by atoms with van der Waals surface area (Å²) in [5.41, 5.74) is 1.15.